The van der Waals surface area contributed by atoms with Gasteiger partial charge < -0.3 is 39.1 Å². The molecule has 2 N–H and O–H groups in total. The average molecular weight is 408 g/mol. The van der Waals surface area contributed by atoms with E-state index in [-0.39, 0.29) is 24.0 Å². The second kappa shape index (κ2) is 7.90. The first-order valence-electron chi connectivity index (χ1n) is 8.60. The first-order chi connectivity index (χ1) is 9.69. The Labute approximate surface area is 147 Å². The van der Waals surface area contributed by atoms with Crippen LogP contribution in [0.2, 0.25) is 0 Å². The molecule has 3 heterocycles. The molecule has 3 fully saturated rings. The predicted octanol–water partition coefficient (Wildman–Crippen LogP) is -3.51. The summed E-state index contributed by atoms with van der Waals surface area (Å²) in [7, 11) is 4.39. The van der Waals surface area contributed by atoms with Crippen molar-refractivity contribution in [1.29, 1.82) is 0 Å². The monoisotopic (exact) mass is 408 g/mol. The molecule has 0 aromatic carbocycles. The summed E-state index contributed by atoms with van der Waals surface area (Å²) < 4.78 is 0. The first-order valence-corrected chi connectivity index (χ1v) is 8.60. The maximum Gasteiger partial charge on any atom is 0.0881 e. The maximum atomic E-state index is 3.27. The molecule has 0 aliphatic carbocycles. The lowest BCUT2D eigenvalue weighted by atomic mass is 9.72. The van der Waals surface area contributed by atoms with Crippen molar-refractivity contribution in [3.05, 3.63) is 0 Å². The van der Waals surface area contributed by atoms with Gasteiger partial charge in [-0.3, -0.25) is 4.90 Å². The molecule has 4 nitrogen and oxygen atoms in total. The van der Waals surface area contributed by atoms with E-state index in [0.29, 0.717) is 0 Å². The van der Waals surface area contributed by atoms with Gasteiger partial charge in [0.2, 0.25) is 0 Å². The van der Waals surface area contributed by atoms with Crippen molar-refractivity contribution in [3.8, 4) is 0 Å². The van der Waals surface area contributed by atoms with Crippen molar-refractivity contribution >= 4 is 0 Å². The minimum Gasteiger partial charge on any atom is -1.00 e. The fourth-order valence-electron chi connectivity index (χ4n) is 4.71. The fourth-order valence-corrected chi connectivity index (χ4v) is 4.71. The Kier molecular flexibility index (Phi) is 6.74. The van der Waals surface area contributed by atoms with E-state index >= 15 is 0 Å². The van der Waals surface area contributed by atoms with Crippen LogP contribution in [0.3, 0.4) is 0 Å². The molecule has 0 saturated carbocycles. The van der Waals surface area contributed by atoms with E-state index in [4.69, 9.17) is 0 Å². The zero-order valence-electron chi connectivity index (χ0n) is 13.8. The Morgan fingerprint density at radius 2 is 1.67 bits per heavy atom. The molecule has 0 radical (unpaired) electrons. The molecular weight excluding hydrogens is 375 g/mol. The van der Waals surface area contributed by atoms with Crippen LogP contribution in [0, 0.1) is 11.3 Å². The predicted molar refractivity (Wildman–Crippen MR) is 83.0 cm³/mol. The lowest BCUT2D eigenvalue weighted by molar-refractivity contribution is -0.944. The van der Waals surface area contributed by atoms with Crippen molar-refractivity contribution in [2.45, 2.75) is 25.7 Å². The number of rotatable bonds is 4. The summed E-state index contributed by atoms with van der Waals surface area (Å²) in [5.74, 6) is 0.951. The van der Waals surface area contributed by atoms with E-state index < -0.39 is 0 Å². The highest BCUT2D eigenvalue weighted by Crippen LogP contribution is 2.33. The van der Waals surface area contributed by atoms with Gasteiger partial charge in [0.05, 0.1) is 25.6 Å². The third-order valence-corrected chi connectivity index (χ3v) is 5.88. The molecule has 3 aliphatic heterocycles. The number of nitrogens with one attached hydrogen (secondary N) is 2. The van der Waals surface area contributed by atoms with Crippen LogP contribution in [0.25, 0.3) is 0 Å². The van der Waals surface area contributed by atoms with Gasteiger partial charge >= 0.3 is 0 Å². The summed E-state index contributed by atoms with van der Waals surface area (Å²) in [5.41, 5.74) is 0.747. The molecule has 0 bridgehead atoms. The largest absolute Gasteiger partial charge is 1.00 e. The molecule has 3 saturated heterocycles. The Balaban J connectivity index is 0.00000161. The van der Waals surface area contributed by atoms with Crippen molar-refractivity contribution in [2.24, 2.45) is 11.3 Å². The van der Waals surface area contributed by atoms with Crippen LogP contribution in [-0.4, -0.2) is 76.4 Å². The summed E-state index contributed by atoms with van der Waals surface area (Å²) in [6.45, 7) is 10.6. The Bertz CT molecular complexity index is 301. The summed E-state index contributed by atoms with van der Waals surface area (Å²) >= 11 is 0. The zero-order valence-corrected chi connectivity index (χ0v) is 16.0. The number of nitrogens with zero attached hydrogens (tertiary/aromatic N) is 2. The first kappa shape index (κ1) is 17.9. The van der Waals surface area contributed by atoms with Crippen molar-refractivity contribution in [2.75, 3.05) is 66.6 Å². The highest BCUT2D eigenvalue weighted by Gasteiger charge is 2.47. The van der Waals surface area contributed by atoms with E-state index in [2.05, 4.69) is 29.2 Å². The van der Waals surface area contributed by atoms with Crippen LogP contribution < -0.4 is 34.2 Å². The van der Waals surface area contributed by atoms with Crippen LogP contribution in [0.4, 0.5) is 0 Å². The number of hydrogen-bond donors (Lipinski definition) is 2. The molecule has 1 spiro atoms. The zero-order chi connectivity index (χ0) is 14.0. The van der Waals surface area contributed by atoms with Crippen LogP contribution in [0.1, 0.15) is 25.7 Å². The topological polar surface area (TPSA) is 22.9 Å². The minimum atomic E-state index is 0. The molecule has 0 amide bonds. The van der Waals surface area contributed by atoms with E-state index in [1.165, 1.54) is 71.5 Å². The van der Waals surface area contributed by atoms with Gasteiger partial charge in [-0.1, -0.05) is 0 Å². The van der Waals surface area contributed by atoms with Gasteiger partial charge in [0, 0.05) is 13.2 Å². The molecule has 124 valence electrons. The quantitative estimate of drug-likeness (QED) is 0.472. The van der Waals surface area contributed by atoms with E-state index in [9.17, 15) is 0 Å². The second-order valence-electron chi connectivity index (χ2n) is 7.68. The molecule has 0 atom stereocenters. The SMILES string of the molecule is CNCN1CCC(CN2CCC3(CC2)C[NH+](C)C3)CC1.[I-]. The smallest absolute Gasteiger partial charge is 0.0881 e. The normalized spacial score (nSPS) is 28.3. The molecule has 3 aliphatic rings. The molecule has 0 aromatic rings. The van der Waals surface area contributed by atoms with Gasteiger partial charge in [-0.2, -0.15) is 0 Å². The van der Waals surface area contributed by atoms with Crippen molar-refractivity contribution in [3.63, 3.8) is 0 Å². The summed E-state index contributed by atoms with van der Waals surface area (Å²) in [6.07, 6.45) is 5.72. The third-order valence-electron chi connectivity index (χ3n) is 5.88. The molecule has 0 aromatic heterocycles. The number of piperidine rings is 2. The Hall–Kier alpha value is 0.570. The van der Waals surface area contributed by atoms with E-state index in [0.717, 1.165) is 18.0 Å². The van der Waals surface area contributed by atoms with Crippen LogP contribution >= 0.6 is 0 Å². The summed E-state index contributed by atoms with van der Waals surface area (Å²) in [5, 5.41) is 3.27. The lowest BCUT2D eigenvalue weighted by Crippen LogP contribution is -3.20. The van der Waals surface area contributed by atoms with Gasteiger partial charge in [-0.05, 0) is 64.8 Å². The second-order valence-corrected chi connectivity index (χ2v) is 7.68. The van der Waals surface area contributed by atoms with Crippen LogP contribution in [0.5, 0.6) is 0 Å². The molecule has 3 rings (SSSR count). The number of quaternary nitrogens is 1. The minimum absolute atomic E-state index is 0. The highest BCUT2D eigenvalue weighted by atomic mass is 127. The molecular formula is C16H33IN4. The van der Waals surface area contributed by atoms with Crippen LogP contribution in [-0.2, 0) is 0 Å². The Morgan fingerprint density at radius 1 is 1.05 bits per heavy atom. The standard InChI is InChI=1S/C16H32N4.HI/c1-17-14-20-7-3-15(4-8-20)11-19-9-5-16(6-10-19)12-18(2)13-16;/h15,17H,3-14H2,1-2H3;1H. The lowest BCUT2D eigenvalue weighted by Gasteiger charge is -2.50. The average Bonchev–Trinajstić information content (AvgIpc) is 2.42. The number of halogens is 1. The molecule has 21 heavy (non-hydrogen) atoms. The Morgan fingerprint density at radius 3 is 2.19 bits per heavy atom. The number of hydrogen-bond acceptors (Lipinski definition) is 3. The van der Waals surface area contributed by atoms with Gasteiger partial charge in [0.15, 0.2) is 0 Å². The fraction of sp³-hybridized carbons (Fsp3) is 1.00. The molecule has 0 unspecified atom stereocenters. The van der Waals surface area contributed by atoms with Gasteiger partial charge in [-0.15, -0.1) is 0 Å². The summed E-state index contributed by atoms with van der Waals surface area (Å²) in [4.78, 5) is 7.06. The van der Waals surface area contributed by atoms with Gasteiger partial charge in [0.25, 0.3) is 0 Å². The van der Waals surface area contributed by atoms with Gasteiger partial charge in [-0.25, -0.2) is 0 Å². The molecule has 5 heteroatoms. The van der Waals surface area contributed by atoms with Crippen molar-refractivity contribution in [1.82, 2.24) is 15.1 Å². The summed E-state index contributed by atoms with van der Waals surface area (Å²) in [6, 6.07) is 0. The van der Waals surface area contributed by atoms with Gasteiger partial charge in [0.1, 0.15) is 0 Å². The van der Waals surface area contributed by atoms with E-state index in [1.54, 1.807) is 4.90 Å². The maximum absolute atomic E-state index is 3.27. The highest BCUT2D eigenvalue weighted by molar-refractivity contribution is 4.89. The van der Waals surface area contributed by atoms with Crippen LogP contribution in [0.15, 0.2) is 0 Å². The third kappa shape index (κ3) is 4.53. The number of likely N-dealkylation sites (tertiary alicyclic amines) is 3. The van der Waals surface area contributed by atoms with E-state index in [1.807, 2.05) is 0 Å². The van der Waals surface area contributed by atoms with Crippen molar-refractivity contribution < 1.29 is 28.9 Å².